The van der Waals surface area contributed by atoms with Gasteiger partial charge in [-0.05, 0) is 68.3 Å². The van der Waals surface area contributed by atoms with Crippen molar-refractivity contribution >= 4 is 11.8 Å². The smallest absolute Gasteiger partial charge is 0.312 e. The van der Waals surface area contributed by atoms with Crippen LogP contribution in [-0.4, -0.2) is 39.8 Å². The SMILES string of the molecule is C=C(CC[C@H]1C(=C)CC[C@@H]2[C@]1(C)CC[C@@H](O)[C@]2(C)C(=O)O)C(=O)CO. The fourth-order valence-corrected chi connectivity index (χ4v) is 5.25. The highest BCUT2D eigenvalue weighted by molar-refractivity contribution is 5.95. The van der Waals surface area contributed by atoms with Crippen molar-refractivity contribution in [3.8, 4) is 0 Å². The topological polar surface area (TPSA) is 94.8 Å². The first kappa shape index (κ1) is 19.9. The van der Waals surface area contributed by atoms with Crippen molar-refractivity contribution in [2.75, 3.05) is 6.61 Å². The van der Waals surface area contributed by atoms with Crippen molar-refractivity contribution in [1.29, 1.82) is 0 Å². The molecular formula is C20H30O5. The summed E-state index contributed by atoms with van der Waals surface area (Å²) in [4.78, 5) is 23.6. The first-order valence-electron chi connectivity index (χ1n) is 9.00. The summed E-state index contributed by atoms with van der Waals surface area (Å²) < 4.78 is 0. The van der Waals surface area contributed by atoms with Crippen LogP contribution < -0.4 is 0 Å². The zero-order valence-electron chi connectivity index (χ0n) is 15.3. The predicted octanol–water partition coefficient (Wildman–Crippen LogP) is 2.72. The molecule has 0 aromatic heterocycles. The van der Waals surface area contributed by atoms with E-state index in [1.165, 1.54) is 0 Å². The van der Waals surface area contributed by atoms with Gasteiger partial charge in [0.1, 0.15) is 6.61 Å². The Balaban J connectivity index is 2.29. The minimum Gasteiger partial charge on any atom is -0.481 e. The Hall–Kier alpha value is -1.46. The fourth-order valence-electron chi connectivity index (χ4n) is 5.25. The number of allylic oxidation sites excluding steroid dienone is 1. The lowest BCUT2D eigenvalue weighted by Gasteiger charge is -2.58. The van der Waals surface area contributed by atoms with Crippen LogP contribution in [-0.2, 0) is 9.59 Å². The molecule has 5 nitrogen and oxygen atoms in total. The highest BCUT2D eigenvalue weighted by Crippen LogP contribution is 2.62. The van der Waals surface area contributed by atoms with Crippen LogP contribution in [0.3, 0.4) is 0 Å². The Morgan fingerprint density at radius 2 is 1.92 bits per heavy atom. The van der Waals surface area contributed by atoms with E-state index in [1.807, 2.05) is 0 Å². The van der Waals surface area contributed by atoms with Gasteiger partial charge in [-0.25, -0.2) is 0 Å². The second kappa shape index (κ2) is 7.04. The van der Waals surface area contributed by atoms with E-state index in [2.05, 4.69) is 20.1 Å². The molecule has 0 amide bonds. The van der Waals surface area contributed by atoms with E-state index in [1.54, 1.807) is 6.92 Å². The lowest BCUT2D eigenvalue weighted by Crippen LogP contribution is -2.59. The van der Waals surface area contributed by atoms with E-state index >= 15 is 0 Å². The molecule has 0 heterocycles. The van der Waals surface area contributed by atoms with Crippen LogP contribution in [0.1, 0.15) is 52.4 Å². The van der Waals surface area contributed by atoms with Gasteiger partial charge in [-0.15, -0.1) is 0 Å². The molecule has 2 rings (SSSR count). The van der Waals surface area contributed by atoms with Crippen LogP contribution in [0, 0.1) is 22.7 Å². The van der Waals surface area contributed by atoms with Gasteiger partial charge in [0.2, 0.25) is 0 Å². The second-order valence-electron chi connectivity index (χ2n) is 8.17. The molecule has 3 N–H and O–H groups in total. The van der Waals surface area contributed by atoms with Gasteiger partial charge in [0.25, 0.3) is 0 Å². The Kier molecular flexibility index (Phi) is 5.59. The molecule has 140 valence electrons. The molecular weight excluding hydrogens is 320 g/mol. The summed E-state index contributed by atoms with van der Waals surface area (Å²) in [5.74, 6) is -1.35. The lowest BCUT2D eigenvalue weighted by atomic mass is 9.46. The number of aliphatic hydroxyl groups excluding tert-OH is 2. The lowest BCUT2D eigenvalue weighted by molar-refractivity contribution is -0.183. The summed E-state index contributed by atoms with van der Waals surface area (Å²) in [5.41, 5.74) is 0.0543. The fraction of sp³-hybridized carbons (Fsp3) is 0.700. The van der Waals surface area contributed by atoms with E-state index in [0.29, 0.717) is 31.3 Å². The molecule has 25 heavy (non-hydrogen) atoms. The molecule has 2 saturated carbocycles. The molecule has 0 radical (unpaired) electrons. The zero-order valence-corrected chi connectivity index (χ0v) is 15.3. The van der Waals surface area contributed by atoms with E-state index in [-0.39, 0.29) is 23.0 Å². The number of carbonyl (C=O) groups excluding carboxylic acids is 1. The Morgan fingerprint density at radius 1 is 1.28 bits per heavy atom. The number of carbonyl (C=O) groups is 2. The zero-order chi connectivity index (χ0) is 19.0. The number of aliphatic carboxylic acids is 1. The number of fused-ring (bicyclic) bond motifs is 1. The van der Waals surface area contributed by atoms with Crippen molar-refractivity contribution < 1.29 is 24.9 Å². The predicted molar refractivity (Wildman–Crippen MR) is 94.9 cm³/mol. The average molecular weight is 350 g/mol. The molecule has 0 aliphatic heterocycles. The maximum Gasteiger partial charge on any atom is 0.312 e. The molecule has 2 aliphatic carbocycles. The number of hydrogen-bond acceptors (Lipinski definition) is 4. The molecule has 0 aromatic carbocycles. The van der Waals surface area contributed by atoms with Crippen LogP contribution in [0.15, 0.2) is 24.3 Å². The van der Waals surface area contributed by atoms with Gasteiger partial charge in [-0.1, -0.05) is 25.7 Å². The second-order valence-corrected chi connectivity index (χ2v) is 8.17. The summed E-state index contributed by atoms with van der Waals surface area (Å²) in [6.07, 6.45) is 2.94. The number of carboxylic acid groups (broad SMARTS) is 1. The molecule has 0 aromatic rings. The van der Waals surface area contributed by atoms with Crippen molar-refractivity contribution in [3.63, 3.8) is 0 Å². The van der Waals surface area contributed by atoms with E-state index < -0.39 is 24.1 Å². The summed E-state index contributed by atoms with van der Waals surface area (Å²) in [7, 11) is 0. The largest absolute Gasteiger partial charge is 0.481 e. The Morgan fingerprint density at radius 3 is 2.48 bits per heavy atom. The minimum absolute atomic E-state index is 0.0840. The summed E-state index contributed by atoms with van der Waals surface area (Å²) in [6.45, 7) is 11.2. The maximum atomic E-state index is 12.0. The molecule has 0 bridgehead atoms. The summed E-state index contributed by atoms with van der Waals surface area (Å²) >= 11 is 0. The van der Waals surface area contributed by atoms with Crippen LogP contribution in [0.4, 0.5) is 0 Å². The van der Waals surface area contributed by atoms with Crippen LogP contribution >= 0.6 is 0 Å². The van der Waals surface area contributed by atoms with Crippen molar-refractivity contribution in [2.24, 2.45) is 22.7 Å². The molecule has 0 saturated heterocycles. The molecule has 5 heteroatoms. The third kappa shape index (κ3) is 3.20. The van der Waals surface area contributed by atoms with Crippen molar-refractivity contribution in [3.05, 3.63) is 24.3 Å². The number of Topliss-reactive ketones (excluding diaryl/α,β-unsaturated/α-hetero) is 1. The highest BCUT2D eigenvalue weighted by Gasteiger charge is 2.60. The first-order chi connectivity index (χ1) is 11.6. The normalized spacial score (nSPS) is 38.1. The van der Waals surface area contributed by atoms with Gasteiger partial charge in [-0.3, -0.25) is 9.59 Å². The van der Waals surface area contributed by atoms with E-state index in [4.69, 9.17) is 5.11 Å². The quantitative estimate of drug-likeness (QED) is 0.506. The van der Waals surface area contributed by atoms with Crippen LogP contribution in [0.25, 0.3) is 0 Å². The Bertz CT molecular complexity index is 595. The number of aliphatic hydroxyl groups is 2. The van der Waals surface area contributed by atoms with Crippen molar-refractivity contribution in [2.45, 2.75) is 58.5 Å². The molecule has 5 atom stereocenters. The standard InChI is InChI=1S/C20H30O5/c1-12-6-8-16-19(3,10-9-17(23)20(16,4)18(24)25)14(12)7-5-13(2)15(22)11-21/h14,16-17,21,23H,1-2,5-11H2,3-4H3,(H,24,25)/t14-,16+,17+,19+,20+/m0/s1. The van der Waals surface area contributed by atoms with Gasteiger partial charge in [0.15, 0.2) is 5.78 Å². The number of ketones is 1. The maximum absolute atomic E-state index is 12.0. The third-order valence-electron chi connectivity index (χ3n) is 6.95. The number of hydrogen-bond donors (Lipinski definition) is 3. The number of carboxylic acids is 1. The van der Waals surface area contributed by atoms with Gasteiger partial charge < -0.3 is 15.3 Å². The monoisotopic (exact) mass is 350 g/mol. The van der Waals surface area contributed by atoms with Crippen LogP contribution in [0.5, 0.6) is 0 Å². The van der Waals surface area contributed by atoms with Crippen molar-refractivity contribution in [1.82, 2.24) is 0 Å². The summed E-state index contributed by atoms with van der Waals surface area (Å²) in [5, 5.41) is 29.2. The minimum atomic E-state index is -1.16. The third-order valence-corrected chi connectivity index (χ3v) is 6.95. The van der Waals surface area contributed by atoms with Gasteiger partial charge in [-0.2, -0.15) is 0 Å². The Labute approximate surface area is 149 Å². The van der Waals surface area contributed by atoms with Crippen LogP contribution in [0.2, 0.25) is 0 Å². The van der Waals surface area contributed by atoms with Gasteiger partial charge in [0.05, 0.1) is 11.5 Å². The average Bonchev–Trinajstić information content (AvgIpc) is 2.56. The first-order valence-corrected chi connectivity index (χ1v) is 9.00. The van der Waals surface area contributed by atoms with E-state index in [0.717, 1.165) is 18.4 Å². The highest BCUT2D eigenvalue weighted by atomic mass is 16.4. The molecule has 2 fully saturated rings. The van der Waals surface area contributed by atoms with Gasteiger partial charge in [0, 0.05) is 0 Å². The molecule has 0 spiro atoms. The number of rotatable bonds is 6. The molecule has 0 unspecified atom stereocenters. The summed E-state index contributed by atoms with van der Waals surface area (Å²) in [6, 6.07) is 0. The van der Waals surface area contributed by atoms with E-state index in [9.17, 15) is 19.8 Å². The van der Waals surface area contributed by atoms with Gasteiger partial charge >= 0.3 is 5.97 Å². The molecule has 2 aliphatic rings.